The van der Waals surface area contributed by atoms with Gasteiger partial charge in [0.15, 0.2) is 0 Å². The number of carboxylic acids is 1. The van der Waals surface area contributed by atoms with Crippen LogP contribution in [0.2, 0.25) is 0 Å². The number of ether oxygens (including phenoxy) is 1. The lowest BCUT2D eigenvalue weighted by Gasteiger charge is -2.07. The Morgan fingerprint density at radius 1 is 1.57 bits per heavy atom. The van der Waals surface area contributed by atoms with E-state index in [4.69, 9.17) is 9.84 Å². The van der Waals surface area contributed by atoms with Crippen molar-refractivity contribution in [3.8, 4) is 0 Å². The maximum Gasteiger partial charge on any atom is 0.331 e. The van der Waals surface area contributed by atoms with Crippen molar-refractivity contribution >= 4 is 5.97 Å². The van der Waals surface area contributed by atoms with E-state index in [1.165, 1.54) is 0 Å². The lowest BCUT2D eigenvalue weighted by Crippen LogP contribution is -2.03. The Labute approximate surface area is 84.8 Å². The third-order valence-corrected chi connectivity index (χ3v) is 2.56. The van der Waals surface area contributed by atoms with Gasteiger partial charge in [-0.05, 0) is 26.2 Å². The number of hydrogen-bond acceptors (Lipinski definition) is 2. The molecular formula is C11H18O3. The second kappa shape index (κ2) is 5.15. The minimum atomic E-state index is -0.795. The van der Waals surface area contributed by atoms with Gasteiger partial charge in [-0.2, -0.15) is 0 Å². The fourth-order valence-corrected chi connectivity index (χ4v) is 1.44. The Balaban J connectivity index is 2.57. The number of carbonyl (C=O) groups is 1. The van der Waals surface area contributed by atoms with Crippen molar-refractivity contribution in [1.82, 2.24) is 0 Å². The van der Waals surface area contributed by atoms with E-state index in [9.17, 15) is 4.79 Å². The van der Waals surface area contributed by atoms with Gasteiger partial charge in [0.2, 0.25) is 0 Å². The highest BCUT2D eigenvalue weighted by Gasteiger charge is 2.25. The molecule has 1 heterocycles. The van der Waals surface area contributed by atoms with Crippen molar-refractivity contribution in [2.24, 2.45) is 0 Å². The second-order valence-electron chi connectivity index (χ2n) is 3.80. The summed E-state index contributed by atoms with van der Waals surface area (Å²) >= 11 is 0. The fourth-order valence-electron chi connectivity index (χ4n) is 1.44. The van der Waals surface area contributed by atoms with Gasteiger partial charge in [-0.1, -0.05) is 18.9 Å². The van der Waals surface area contributed by atoms with E-state index < -0.39 is 5.97 Å². The first kappa shape index (κ1) is 11.2. The molecule has 1 saturated heterocycles. The summed E-state index contributed by atoms with van der Waals surface area (Å²) in [5.74, 6) is -0.795. The van der Waals surface area contributed by atoms with Gasteiger partial charge >= 0.3 is 5.97 Å². The van der Waals surface area contributed by atoms with Crippen molar-refractivity contribution in [1.29, 1.82) is 0 Å². The molecule has 1 atom stereocenters. The van der Waals surface area contributed by atoms with Gasteiger partial charge in [0.1, 0.15) is 0 Å². The van der Waals surface area contributed by atoms with Crippen molar-refractivity contribution in [3.63, 3.8) is 0 Å². The third-order valence-electron chi connectivity index (χ3n) is 2.56. The van der Waals surface area contributed by atoms with Gasteiger partial charge in [0.25, 0.3) is 0 Å². The Bertz CT molecular complexity index is 239. The maximum atomic E-state index is 10.8. The van der Waals surface area contributed by atoms with Crippen molar-refractivity contribution in [3.05, 3.63) is 11.1 Å². The predicted octanol–water partition coefficient (Wildman–Crippen LogP) is 2.37. The number of aliphatic carboxylic acids is 1. The predicted molar refractivity (Wildman–Crippen MR) is 54.2 cm³/mol. The quantitative estimate of drug-likeness (QED) is 0.526. The molecule has 0 radical (unpaired) electrons. The van der Waals surface area contributed by atoms with Crippen LogP contribution in [-0.2, 0) is 9.53 Å². The number of rotatable bonds is 6. The first-order valence-corrected chi connectivity index (χ1v) is 5.18. The largest absolute Gasteiger partial charge is 0.478 e. The summed E-state index contributed by atoms with van der Waals surface area (Å²) in [6.07, 6.45) is 4.15. The van der Waals surface area contributed by atoms with Crippen LogP contribution in [-0.4, -0.2) is 23.8 Å². The molecule has 14 heavy (non-hydrogen) atoms. The zero-order chi connectivity index (χ0) is 10.6. The molecule has 0 amide bonds. The molecule has 3 nitrogen and oxygen atoms in total. The molecule has 1 rings (SSSR count). The summed E-state index contributed by atoms with van der Waals surface area (Å²) in [6.45, 7) is 4.60. The van der Waals surface area contributed by atoms with E-state index in [0.717, 1.165) is 37.9 Å². The van der Waals surface area contributed by atoms with Crippen molar-refractivity contribution in [2.75, 3.05) is 6.61 Å². The highest BCUT2D eigenvalue weighted by Crippen LogP contribution is 2.25. The van der Waals surface area contributed by atoms with Crippen molar-refractivity contribution in [2.45, 2.75) is 45.6 Å². The first-order chi connectivity index (χ1) is 6.65. The molecule has 80 valence electrons. The third kappa shape index (κ3) is 3.50. The summed E-state index contributed by atoms with van der Waals surface area (Å²) in [4.78, 5) is 10.8. The van der Waals surface area contributed by atoms with Crippen LogP contribution >= 0.6 is 0 Å². The van der Waals surface area contributed by atoms with E-state index in [1.54, 1.807) is 6.92 Å². The standard InChI is InChI=1S/C11H18O3/c1-3-4-5-9(6-10-7-14-10)8(2)11(12)13/h10H,3-7H2,1-2H3,(H,12,13). The van der Waals surface area contributed by atoms with Gasteiger partial charge in [-0.15, -0.1) is 0 Å². The molecule has 0 aromatic rings. The van der Waals surface area contributed by atoms with E-state index >= 15 is 0 Å². The summed E-state index contributed by atoms with van der Waals surface area (Å²) in [6, 6.07) is 0. The van der Waals surface area contributed by atoms with Crippen LogP contribution in [0.1, 0.15) is 39.5 Å². The van der Waals surface area contributed by atoms with Crippen LogP contribution in [0.5, 0.6) is 0 Å². The Morgan fingerprint density at radius 2 is 2.21 bits per heavy atom. The molecule has 0 saturated carbocycles. The van der Waals surface area contributed by atoms with Gasteiger partial charge in [0.05, 0.1) is 12.7 Å². The fraction of sp³-hybridized carbons (Fsp3) is 0.727. The van der Waals surface area contributed by atoms with E-state index in [-0.39, 0.29) is 6.10 Å². The smallest absolute Gasteiger partial charge is 0.331 e. The molecule has 3 heteroatoms. The molecule has 1 aliphatic rings. The highest BCUT2D eigenvalue weighted by molar-refractivity contribution is 5.86. The molecular weight excluding hydrogens is 180 g/mol. The first-order valence-electron chi connectivity index (χ1n) is 5.18. The lowest BCUT2D eigenvalue weighted by molar-refractivity contribution is -0.132. The minimum Gasteiger partial charge on any atom is -0.478 e. The Hall–Kier alpha value is -0.830. The van der Waals surface area contributed by atoms with Crippen LogP contribution in [0, 0.1) is 0 Å². The average molecular weight is 198 g/mol. The SMILES string of the molecule is CCCCC(CC1CO1)=C(C)C(=O)O. The summed E-state index contributed by atoms with van der Waals surface area (Å²) in [5, 5.41) is 8.89. The number of carboxylic acid groups (broad SMARTS) is 1. The molecule has 1 unspecified atom stereocenters. The van der Waals surface area contributed by atoms with Gasteiger partial charge in [0, 0.05) is 5.57 Å². The zero-order valence-corrected chi connectivity index (χ0v) is 8.88. The highest BCUT2D eigenvalue weighted by atomic mass is 16.6. The summed E-state index contributed by atoms with van der Waals surface area (Å²) in [7, 11) is 0. The lowest BCUT2D eigenvalue weighted by atomic mass is 9.99. The molecule has 0 aromatic heterocycles. The van der Waals surface area contributed by atoms with Gasteiger partial charge in [-0.3, -0.25) is 0 Å². The summed E-state index contributed by atoms with van der Waals surface area (Å²) < 4.78 is 5.12. The molecule has 0 spiro atoms. The van der Waals surface area contributed by atoms with Crippen LogP contribution in [0.3, 0.4) is 0 Å². The van der Waals surface area contributed by atoms with Crippen LogP contribution in [0.4, 0.5) is 0 Å². The molecule has 0 bridgehead atoms. The second-order valence-corrected chi connectivity index (χ2v) is 3.80. The van der Waals surface area contributed by atoms with Crippen molar-refractivity contribution < 1.29 is 14.6 Å². The Kier molecular flexibility index (Phi) is 4.14. The van der Waals surface area contributed by atoms with Crippen LogP contribution in [0.15, 0.2) is 11.1 Å². The molecule has 0 aliphatic carbocycles. The van der Waals surface area contributed by atoms with E-state index in [2.05, 4.69) is 6.92 Å². The van der Waals surface area contributed by atoms with Gasteiger partial charge < -0.3 is 9.84 Å². The monoisotopic (exact) mass is 198 g/mol. The topological polar surface area (TPSA) is 49.8 Å². The molecule has 1 N–H and O–H groups in total. The van der Waals surface area contributed by atoms with Gasteiger partial charge in [-0.25, -0.2) is 4.79 Å². The number of unbranched alkanes of at least 4 members (excludes halogenated alkanes) is 1. The summed E-state index contributed by atoms with van der Waals surface area (Å²) in [5.41, 5.74) is 1.57. The number of epoxide rings is 1. The zero-order valence-electron chi connectivity index (χ0n) is 8.88. The van der Waals surface area contributed by atoms with Crippen LogP contribution < -0.4 is 0 Å². The molecule has 1 aliphatic heterocycles. The normalized spacial score (nSPS) is 21.7. The maximum absolute atomic E-state index is 10.8. The number of hydrogen-bond donors (Lipinski definition) is 1. The Morgan fingerprint density at radius 3 is 2.64 bits per heavy atom. The minimum absolute atomic E-state index is 0.288. The van der Waals surface area contributed by atoms with Crippen LogP contribution in [0.25, 0.3) is 0 Å². The molecule has 0 aromatic carbocycles. The van der Waals surface area contributed by atoms with E-state index in [1.807, 2.05) is 0 Å². The average Bonchev–Trinajstić information content (AvgIpc) is 2.94. The van der Waals surface area contributed by atoms with E-state index in [0.29, 0.717) is 5.57 Å². The molecule has 1 fully saturated rings.